The molecule has 2 heterocycles. The molecule has 1 N–H and O–H groups in total. The van der Waals surface area contributed by atoms with Crippen molar-refractivity contribution >= 4 is 48.0 Å². The van der Waals surface area contributed by atoms with E-state index in [0.29, 0.717) is 12.3 Å². The van der Waals surface area contributed by atoms with Gasteiger partial charge in [-0.3, -0.25) is 4.79 Å². The van der Waals surface area contributed by atoms with Gasteiger partial charge in [0.2, 0.25) is 5.91 Å². The van der Waals surface area contributed by atoms with Crippen LogP contribution in [0.1, 0.15) is 25.7 Å². The van der Waals surface area contributed by atoms with E-state index in [9.17, 15) is 4.79 Å². The van der Waals surface area contributed by atoms with Crippen LogP contribution in [0.3, 0.4) is 0 Å². The molecule has 0 saturated carbocycles. The van der Waals surface area contributed by atoms with Gasteiger partial charge in [-0.15, -0.1) is 24.8 Å². The van der Waals surface area contributed by atoms with Crippen molar-refractivity contribution in [3.63, 3.8) is 0 Å². The average Bonchev–Trinajstić information content (AvgIpc) is 2.61. The predicted molar refractivity (Wildman–Crippen MR) is 110 cm³/mol. The largest absolute Gasteiger partial charge is 0.368 e. The van der Waals surface area contributed by atoms with Crippen LogP contribution >= 0.6 is 36.4 Å². The summed E-state index contributed by atoms with van der Waals surface area (Å²) in [5, 5.41) is 4.14. The minimum atomic E-state index is 0. The maximum absolute atomic E-state index is 12.4. The number of rotatable bonds is 4. The Kier molecular flexibility index (Phi) is 9.95. The molecule has 1 amide bonds. The molecular weight excluding hydrogens is 381 g/mol. The second kappa shape index (κ2) is 11.1. The fourth-order valence-corrected chi connectivity index (χ4v) is 3.65. The van der Waals surface area contributed by atoms with Gasteiger partial charge in [0, 0.05) is 43.3 Å². The highest BCUT2D eigenvalue weighted by Gasteiger charge is 2.22. The molecule has 0 atom stereocenters. The molecule has 2 fully saturated rings. The summed E-state index contributed by atoms with van der Waals surface area (Å²) < 4.78 is 0. The van der Waals surface area contributed by atoms with E-state index in [2.05, 4.69) is 22.3 Å². The van der Waals surface area contributed by atoms with E-state index in [1.165, 1.54) is 18.5 Å². The minimum absolute atomic E-state index is 0. The highest BCUT2D eigenvalue weighted by molar-refractivity contribution is 6.30. The van der Waals surface area contributed by atoms with Gasteiger partial charge in [0.15, 0.2) is 0 Å². The van der Waals surface area contributed by atoms with E-state index in [1.807, 2.05) is 17.0 Å². The summed E-state index contributed by atoms with van der Waals surface area (Å²) in [4.78, 5) is 16.8. The lowest BCUT2D eigenvalue weighted by Crippen LogP contribution is -2.48. The van der Waals surface area contributed by atoms with Crippen LogP contribution in [0.2, 0.25) is 5.02 Å². The van der Waals surface area contributed by atoms with Gasteiger partial charge in [-0.2, -0.15) is 0 Å². The number of carbonyl (C=O) groups is 1. The van der Waals surface area contributed by atoms with Crippen molar-refractivity contribution in [2.24, 2.45) is 5.92 Å². The Morgan fingerprint density at radius 2 is 1.64 bits per heavy atom. The van der Waals surface area contributed by atoms with Gasteiger partial charge >= 0.3 is 0 Å². The molecule has 0 aliphatic carbocycles. The maximum Gasteiger partial charge on any atom is 0.222 e. The van der Waals surface area contributed by atoms with Crippen LogP contribution in [0.5, 0.6) is 0 Å². The molecular formula is C18H28Cl3N3O. The Morgan fingerprint density at radius 3 is 2.24 bits per heavy atom. The first-order chi connectivity index (χ1) is 11.2. The van der Waals surface area contributed by atoms with Crippen LogP contribution in [0.4, 0.5) is 5.69 Å². The summed E-state index contributed by atoms with van der Waals surface area (Å²) in [6, 6.07) is 7.95. The highest BCUT2D eigenvalue weighted by Crippen LogP contribution is 2.21. The van der Waals surface area contributed by atoms with Gasteiger partial charge in [-0.05, 0) is 62.5 Å². The van der Waals surface area contributed by atoms with Crippen molar-refractivity contribution in [3.05, 3.63) is 29.3 Å². The molecule has 0 radical (unpaired) electrons. The van der Waals surface area contributed by atoms with E-state index in [1.54, 1.807) is 0 Å². The van der Waals surface area contributed by atoms with Crippen LogP contribution < -0.4 is 10.2 Å². The third kappa shape index (κ3) is 6.52. The standard InChI is InChI=1S/C18H26ClN3O.2ClH/c19-16-2-4-17(5-3-16)21-11-13-22(14-12-21)18(23)6-1-15-7-9-20-10-8-15;;/h2-5,15,20H,1,6-14H2;2*1H. The first-order valence-corrected chi connectivity index (χ1v) is 9.09. The molecule has 1 aromatic rings. The second-order valence-corrected chi connectivity index (χ2v) is 7.01. The van der Waals surface area contributed by atoms with Crippen LogP contribution in [0.25, 0.3) is 0 Å². The van der Waals surface area contributed by atoms with E-state index >= 15 is 0 Å². The molecule has 0 bridgehead atoms. The monoisotopic (exact) mass is 407 g/mol. The van der Waals surface area contributed by atoms with Crippen LogP contribution in [0, 0.1) is 5.92 Å². The van der Waals surface area contributed by atoms with Crippen molar-refractivity contribution < 1.29 is 4.79 Å². The number of benzene rings is 1. The van der Waals surface area contributed by atoms with Crippen molar-refractivity contribution in [1.82, 2.24) is 10.2 Å². The molecule has 2 saturated heterocycles. The number of carbonyl (C=O) groups excluding carboxylic acids is 1. The third-order valence-electron chi connectivity index (χ3n) is 5.05. The number of nitrogens with zero attached hydrogens (tertiary/aromatic N) is 2. The molecule has 4 nitrogen and oxygen atoms in total. The van der Waals surface area contributed by atoms with E-state index < -0.39 is 0 Å². The molecule has 25 heavy (non-hydrogen) atoms. The smallest absolute Gasteiger partial charge is 0.222 e. The number of hydrogen-bond acceptors (Lipinski definition) is 3. The number of nitrogens with one attached hydrogen (secondary N) is 1. The zero-order chi connectivity index (χ0) is 16.1. The summed E-state index contributed by atoms with van der Waals surface area (Å²) >= 11 is 5.94. The zero-order valence-electron chi connectivity index (χ0n) is 14.5. The third-order valence-corrected chi connectivity index (χ3v) is 5.30. The van der Waals surface area contributed by atoms with Crippen molar-refractivity contribution in [2.75, 3.05) is 44.2 Å². The van der Waals surface area contributed by atoms with Gasteiger partial charge in [0.1, 0.15) is 0 Å². The minimum Gasteiger partial charge on any atom is -0.368 e. The number of hydrogen-bond donors (Lipinski definition) is 1. The molecule has 3 rings (SSSR count). The van der Waals surface area contributed by atoms with Gasteiger partial charge in [0.05, 0.1) is 0 Å². The molecule has 2 aliphatic heterocycles. The number of piperidine rings is 1. The van der Waals surface area contributed by atoms with Crippen LogP contribution in [-0.4, -0.2) is 50.1 Å². The Hall–Kier alpha value is -0.680. The van der Waals surface area contributed by atoms with Gasteiger partial charge < -0.3 is 15.1 Å². The fraction of sp³-hybridized carbons (Fsp3) is 0.611. The Morgan fingerprint density at radius 1 is 1.04 bits per heavy atom. The first-order valence-electron chi connectivity index (χ1n) is 8.71. The summed E-state index contributed by atoms with van der Waals surface area (Å²) in [6.45, 7) is 5.68. The molecule has 0 aromatic heterocycles. The summed E-state index contributed by atoms with van der Waals surface area (Å²) in [5.74, 6) is 1.06. The first kappa shape index (κ1) is 22.4. The second-order valence-electron chi connectivity index (χ2n) is 6.58. The fourth-order valence-electron chi connectivity index (χ4n) is 3.52. The number of anilines is 1. The number of piperazine rings is 1. The van der Waals surface area contributed by atoms with E-state index in [0.717, 1.165) is 56.6 Å². The molecule has 0 unspecified atom stereocenters. The lowest BCUT2D eigenvalue weighted by molar-refractivity contribution is -0.131. The lowest BCUT2D eigenvalue weighted by atomic mass is 9.93. The normalized spacial score (nSPS) is 18.3. The maximum atomic E-state index is 12.4. The Labute approximate surface area is 168 Å². The van der Waals surface area contributed by atoms with Crippen LogP contribution in [-0.2, 0) is 4.79 Å². The summed E-state index contributed by atoms with van der Waals surface area (Å²) in [5.41, 5.74) is 1.19. The highest BCUT2D eigenvalue weighted by atomic mass is 35.5. The molecule has 7 heteroatoms. The number of halogens is 3. The van der Waals surface area contributed by atoms with E-state index in [-0.39, 0.29) is 24.8 Å². The average molecular weight is 409 g/mol. The Balaban J connectivity index is 0.00000156. The summed E-state index contributed by atoms with van der Waals surface area (Å²) in [7, 11) is 0. The number of amides is 1. The van der Waals surface area contributed by atoms with E-state index in [4.69, 9.17) is 11.6 Å². The van der Waals surface area contributed by atoms with Gasteiger partial charge in [0.25, 0.3) is 0 Å². The van der Waals surface area contributed by atoms with Gasteiger partial charge in [-0.1, -0.05) is 11.6 Å². The van der Waals surface area contributed by atoms with Gasteiger partial charge in [-0.25, -0.2) is 0 Å². The quantitative estimate of drug-likeness (QED) is 0.826. The van der Waals surface area contributed by atoms with Crippen LogP contribution in [0.15, 0.2) is 24.3 Å². The summed E-state index contributed by atoms with van der Waals surface area (Å²) in [6.07, 6.45) is 4.21. The van der Waals surface area contributed by atoms with Crippen molar-refractivity contribution in [2.45, 2.75) is 25.7 Å². The SMILES string of the molecule is Cl.Cl.O=C(CCC1CCNCC1)N1CCN(c2ccc(Cl)cc2)CC1. The Bertz CT molecular complexity index is 513. The zero-order valence-corrected chi connectivity index (χ0v) is 16.8. The molecule has 142 valence electrons. The van der Waals surface area contributed by atoms with Crippen molar-refractivity contribution in [1.29, 1.82) is 0 Å². The molecule has 1 aromatic carbocycles. The lowest BCUT2D eigenvalue weighted by Gasteiger charge is -2.36. The molecule has 0 spiro atoms. The predicted octanol–water partition coefficient (Wildman–Crippen LogP) is 3.61. The topological polar surface area (TPSA) is 35.6 Å². The molecule has 2 aliphatic rings. The van der Waals surface area contributed by atoms with Crippen molar-refractivity contribution in [3.8, 4) is 0 Å².